The number of halogens is 1. The van der Waals surface area contributed by atoms with Crippen molar-refractivity contribution in [1.82, 2.24) is 4.31 Å². The lowest BCUT2D eigenvalue weighted by Gasteiger charge is -2.15. The van der Waals surface area contributed by atoms with Crippen LogP contribution in [0.25, 0.3) is 0 Å². The Hall–Kier alpha value is -2.58. The van der Waals surface area contributed by atoms with Crippen LogP contribution in [0.1, 0.15) is 38.8 Å². The molecular formula is C20H22FNO5S. The van der Waals surface area contributed by atoms with Gasteiger partial charge in [0.15, 0.2) is 6.10 Å². The Morgan fingerprint density at radius 2 is 1.68 bits per heavy atom. The van der Waals surface area contributed by atoms with E-state index >= 15 is 0 Å². The predicted octanol–water partition coefficient (Wildman–Crippen LogP) is 3.12. The maximum absolute atomic E-state index is 14.1. The van der Waals surface area contributed by atoms with Crippen LogP contribution in [0.4, 0.5) is 4.39 Å². The maximum atomic E-state index is 14.1. The molecule has 8 heteroatoms. The summed E-state index contributed by atoms with van der Waals surface area (Å²) >= 11 is 0. The zero-order chi connectivity index (χ0) is 21.2. The highest BCUT2D eigenvalue weighted by Gasteiger charge is 2.25. The Balaban J connectivity index is 2.26. The van der Waals surface area contributed by atoms with Crippen molar-refractivity contribution in [1.29, 1.82) is 0 Å². The molecule has 0 aliphatic carbocycles. The van der Waals surface area contributed by atoms with E-state index in [9.17, 15) is 22.4 Å². The number of rotatable bonds is 6. The molecule has 0 saturated heterocycles. The largest absolute Gasteiger partial charge is 0.451 e. The number of carbonyl (C=O) groups is 2. The molecule has 2 rings (SSSR count). The van der Waals surface area contributed by atoms with Crippen LogP contribution in [0.15, 0.2) is 41.3 Å². The number of aryl methyl sites for hydroxylation is 2. The molecule has 0 heterocycles. The van der Waals surface area contributed by atoms with E-state index in [0.29, 0.717) is 5.56 Å². The van der Waals surface area contributed by atoms with Gasteiger partial charge in [0.05, 0.1) is 10.5 Å². The van der Waals surface area contributed by atoms with Crippen LogP contribution >= 0.6 is 0 Å². The van der Waals surface area contributed by atoms with Crippen LogP contribution in [-0.4, -0.2) is 44.7 Å². The molecule has 150 valence electrons. The summed E-state index contributed by atoms with van der Waals surface area (Å²) in [5, 5.41) is 0. The van der Waals surface area contributed by atoms with E-state index in [1.54, 1.807) is 18.2 Å². The number of hydrogen-bond donors (Lipinski definition) is 0. The second-order valence-corrected chi connectivity index (χ2v) is 8.79. The monoisotopic (exact) mass is 407 g/mol. The molecule has 1 atom stereocenters. The van der Waals surface area contributed by atoms with Crippen molar-refractivity contribution in [3.63, 3.8) is 0 Å². The first kappa shape index (κ1) is 21.7. The standard InChI is InChI=1S/C20H22FNO5S/c1-12-6-7-15(10-13(12)2)19(23)14(3)27-20(24)17-11-16(8-9-18(17)21)28(25,26)22(4)5/h6-11,14H,1-5H3. The van der Waals surface area contributed by atoms with Crippen LogP contribution in [0.2, 0.25) is 0 Å². The number of hydrogen-bond acceptors (Lipinski definition) is 5. The lowest BCUT2D eigenvalue weighted by Crippen LogP contribution is -2.26. The van der Waals surface area contributed by atoms with Gasteiger partial charge in [-0.25, -0.2) is 21.9 Å². The Morgan fingerprint density at radius 1 is 1.04 bits per heavy atom. The van der Waals surface area contributed by atoms with Crippen LogP contribution in [0.3, 0.4) is 0 Å². The molecule has 0 aliphatic heterocycles. The minimum atomic E-state index is -3.85. The molecule has 6 nitrogen and oxygen atoms in total. The van der Waals surface area contributed by atoms with Crippen LogP contribution in [0, 0.1) is 19.7 Å². The third kappa shape index (κ3) is 4.45. The molecule has 0 bridgehead atoms. The molecule has 2 aromatic carbocycles. The normalized spacial score (nSPS) is 12.7. The third-order valence-corrected chi connectivity index (χ3v) is 6.19. The van der Waals surface area contributed by atoms with Crippen LogP contribution in [-0.2, 0) is 14.8 Å². The quantitative estimate of drug-likeness (QED) is 0.543. The van der Waals surface area contributed by atoms with Gasteiger partial charge in [0, 0.05) is 19.7 Å². The molecule has 0 radical (unpaired) electrons. The first-order valence-electron chi connectivity index (χ1n) is 8.49. The van der Waals surface area contributed by atoms with E-state index in [1.165, 1.54) is 21.0 Å². The van der Waals surface area contributed by atoms with E-state index in [1.807, 2.05) is 13.8 Å². The van der Waals surface area contributed by atoms with Crippen molar-refractivity contribution in [3.8, 4) is 0 Å². The number of esters is 1. The highest BCUT2D eigenvalue weighted by atomic mass is 32.2. The maximum Gasteiger partial charge on any atom is 0.341 e. The fourth-order valence-electron chi connectivity index (χ4n) is 2.44. The highest BCUT2D eigenvalue weighted by Crippen LogP contribution is 2.20. The second-order valence-electron chi connectivity index (χ2n) is 6.64. The van der Waals surface area contributed by atoms with Gasteiger partial charge in [-0.15, -0.1) is 0 Å². The van der Waals surface area contributed by atoms with Crippen molar-refractivity contribution < 1.29 is 27.1 Å². The van der Waals surface area contributed by atoms with Gasteiger partial charge in [-0.2, -0.15) is 0 Å². The van der Waals surface area contributed by atoms with Gasteiger partial charge in [-0.05, 0) is 56.2 Å². The van der Waals surface area contributed by atoms with Crippen molar-refractivity contribution in [2.75, 3.05) is 14.1 Å². The summed E-state index contributed by atoms with van der Waals surface area (Å²) in [5.74, 6) is -2.49. The number of carbonyl (C=O) groups excluding carboxylic acids is 2. The Morgan fingerprint density at radius 3 is 2.25 bits per heavy atom. The van der Waals surface area contributed by atoms with Gasteiger partial charge < -0.3 is 4.74 Å². The summed E-state index contributed by atoms with van der Waals surface area (Å²) in [5.41, 5.74) is 1.75. The summed E-state index contributed by atoms with van der Waals surface area (Å²) in [6.07, 6.45) is -1.16. The number of ether oxygens (including phenoxy) is 1. The summed E-state index contributed by atoms with van der Waals surface area (Å²) in [6, 6.07) is 7.94. The van der Waals surface area contributed by atoms with Crippen molar-refractivity contribution in [2.24, 2.45) is 0 Å². The average Bonchev–Trinajstić information content (AvgIpc) is 2.63. The van der Waals surface area contributed by atoms with E-state index in [4.69, 9.17) is 4.74 Å². The van der Waals surface area contributed by atoms with E-state index in [2.05, 4.69) is 0 Å². The SMILES string of the molecule is Cc1ccc(C(=O)C(C)OC(=O)c2cc(S(=O)(=O)N(C)C)ccc2F)cc1C. The molecule has 0 N–H and O–H groups in total. The second kappa shape index (κ2) is 8.20. The first-order chi connectivity index (χ1) is 12.9. The minimum absolute atomic E-state index is 0.251. The zero-order valence-electron chi connectivity index (χ0n) is 16.3. The lowest BCUT2D eigenvalue weighted by atomic mass is 10.0. The van der Waals surface area contributed by atoms with Crippen LogP contribution < -0.4 is 0 Å². The van der Waals surface area contributed by atoms with Gasteiger partial charge in [0.1, 0.15) is 5.82 Å². The molecule has 0 fully saturated rings. The fraction of sp³-hybridized carbons (Fsp3) is 0.300. The van der Waals surface area contributed by atoms with Crippen molar-refractivity contribution in [3.05, 3.63) is 64.5 Å². The molecule has 0 saturated carbocycles. The molecule has 2 aromatic rings. The predicted molar refractivity (Wildman–Crippen MR) is 102 cm³/mol. The topological polar surface area (TPSA) is 80.8 Å². The van der Waals surface area contributed by atoms with Gasteiger partial charge in [0.2, 0.25) is 15.8 Å². The van der Waals surface area contributed by atoms with Gasteiger partial charge in [0.25, 0.3) is 0 Å². The Bertz CT molecular complexity index is 1030. The molecule has 28 heavy (non-hydrogen) atoms. The minimum Gasteiger partial charge on any atom is -0.451 e. The highest BCUT2D eigenvalue weighted by molar-refractivity contribution is 7.89. The number of sulfonamides is 1. The summed E-state index contributed by atoms with van der Waals surface area (Å²) in [7, 11) is -1.21. The Labute approximate surface area is 164 Å². The van der Waals surface area contributed by atoms with Crippen molar-refractivity contribution in [2.45, 2.75) is 31.8 Å². The van der Waals surface area contributed by atoms with Crippen molar-refractivity contribution >= 4 is 21.8 Å². The molecule has 0 amide bonds. The zero-order valence-corrected chi connectivity index (χ0v) is 17.1. The summed E-state index contributed by atoms with van der Waals surface area (Å²) in [4.78, 5) is 24.6. The average molecular weight is 407 g/mol. The van der Waals surface area contributed by atoms with E-state index in [0.717, 1.165) is 33.6 Å². The number of benzene rings is 2. The number of ketones is 1. The molecule has 0 spiro atoms. The third-order valence-electron chi connectivity index (χ3n) is 4.38. The number of nitrogens with zero attached hydrogens (tertiary/aromatic N) is 1. The summed E-state index contributed by atoms with van der Waals surface area (Å²) < 4.78 is 44.5. The van der Waals surface area contributed by atoms with Gasteiger partial charge in [-0.1, -0.05) is 12.1 Å². The van der Waals surface area contributed by atoms with Crippen LogP contribution in [0.5, 0.6) is 0 Å². The molecule has 0 aromatic heterocycles. The molecule has 1 unspecified atom stereocenters. The van der Waals surface area contributed by atoms with Gasteiger partial charge >= 0.3 is 5.97 Å². The van der Waals surface area contributed by atoms with Gasteiger partial charge in [-0.3, -0.25) is 4.79 Å². The molecular weight excluding hydrogens is 385 g/mol. The smallest absolute Gasteiger partial charge is 0.341 e. The number of Topliss-reactive ketones (excluding diaryl/α,β-unsaturated/α-hetero) is 1. The first-order valence-corrected chi connectivity index (χ1v) is 9.93. The van der Waals surface area contributed by atoms with E-state index < -0.39 is 39.3 Å². The lowest BCUT2D eigenvalue weighted by molar-refractivity contribution is 0.0314. The fourth-order valence-corrected chi connectivity index (χ4v) is 3.37. The Kier molecular flexibility index (Phi) is 6.36. The molecule has 0 aliphatic rings. The van der Waals surface area contributed by atoms with E-state index in [-0.39, 0.29) is 4.90 Å². The summed E-state index contributed by atoms with van der Waals surface area (Å²) in [6.45, 7) is 5.15.